The Bertz CT molecular complexity index is 2080. The largest absolute Gasteiger partial charge is 0.465 e. The van der Waals surface area contributed by atoms with Crippen molar-refractivity contribution in [2.75, 3.05) is 26.4 Å². The predicted octanol–water partition coefficient (Wildman–Crippen LogP) is 6.56. The average molecular weight is 1010 g/mol. The monoisotopic (exact) mass is 1010 g/mol. The molecule has 71 heavy (non-hydrogen) atoms. The molecule has 10 rings (SSSR count). The van der Waals surface area contributed by atoms with Crippen LogP contribution in [0.2, 0.25) is 0 Å². The van der Waals surface area contributed by atoms with E-state index < -0.39 is 94.8 Å². The van der Waals surface area contributed by atoms with Crippen LogP contribution in [0.3, 0.4) is 0 Å². The van der Waals surface area contributed by atoms with E-state index in [4.69, 9.17) is 42.6 Å². The zero-order valence-electron chi connectivity index (χ0n) is 42.3. The summed E-state index contributed by atoms with van der Waals surface area (Å²) in [6.45, 7) is 16.3. The Labute approximate surface area is 412 Å². The number of hydrogen-bond donors (Lipinski definition) is 0. The normalized spacial score (nSPS) is 35.4. The molecule has 7 saturated carbocycles. The third-order valence-corrected chi connectivity index (χ3v) is 17.5. The first-order chi connectivity index (χ1) is 33.2. The van der Waals surface area contributed by atoms with Gasteiger partial charge in [-0.3, -0.25) is 28.8 Å². The molecule has 0 radical (unpaired) electrons. The van der Waals surface area contributed by atoms with Gasteiger partial charge in [0.15, 0.2) is 18.6 Å². The number of alkyl halides is 3. The molecule has 10 aliphatic rings. The molecule has 0 aromatic carbocycles. The molecule has 7 aliphatic carbocycles. The van der Waals surface area contributed by atoms with Crippen LogP contribution in [0.25, 0.3) is 0 Å². The summed E-state index contributed by atoms with van der Waals surface area (Å²) in [5, 5.41) is 0. The Balaban J connectivity index is 0.000000157. The van der Waals surface area contributed by atoms with Crippen LogP contribution in [0.4, 0.5) is 13.2 Å². The van der Waals surface area contributed by atoms with E-state index in [1.54, 1.807) is 34.6 Å². The number of ether oxygens (including phenoxy) is 9. The maximum atomic E-state index is 13.4. The van der Waals surface area contributed by atoms with Crippen molar-refractivity contribution in [2.24, 2.45) is 69.0 Å². The van der Waals surface area contributed by atoms with Crippen LogP contribution in [-0.4, -0.2) is 117 Å². The number of carbonyl (C=O) groups is 8. The SMILES string of the molecule is CCC(C)(C)C(=O)OCC(=O)OC1C2CC3C1OC(=O)C3(C(F)(F)F)C2.CCC(C)(C)C(=O)OCC(=O)OC1C2CCC3C(C2)C(=O)OC31.CCC(C)(C)C(=O)OCCCOC1C2CC3C(=O)OC1C3C2. The molecule has 3 aliphatic heterocycles. The summed E-state index contributed by atoms with van der Waals surface area (Å²) in [5.74, 6) is -4.32. The molecule has 3 saturated heterocycles. The fourth-order valence-corrected chi connectivity index (χ4v) is 12.0. The lowest BCUT2D eigenvalue weighted by atomic mass is 9.63. The fraction of sp³-hybridized carbons (Fsp3) is 0.843. The van der Waals surface area contributed by atoms with Crippen molar-refractivity contribution in [2.45, 2.75) is 176 Å². The average Bonchev–Trinajstić information content (AvgIpc) is 4.18. The molecule has 15 atom stereocenters. The summed E-state index contributed by atoms with van der Waals surface area (Å²) in [6, 6.07) is 0. The van der Waals surface area contributed by atoms with Crippen LogP contribution in [0.15, 0.2) is 0 Å². The molecule has 0 amide bonds. The van der Waals surface area contributed by atoms with Crippen molar-refractivity contribution < 1.29 is 94.2 Å². The van der Waals surface area contributed by atoms with Crippen LogP contribution in [0.5, 0.6) is 0 Å². The highest BCUT2D eigenvalue weighted by molar-refractivity contribution is 5.83. The highest BCUT2D eigenvalue weighted by Gasteiger charge is 2.80. The molecule has 0 spiro atoms. The first kappa shape index (κ1) is 54.3. The number of rotatable bonds is 17. The minimum Gasteiger partial charge on any atom is -0.465 e. The summed E-state index contributed by atoms with van der Waals surface area (Å²) in [4.78, 5) is 95.0. The second-order valence-electron chi connectivity index (χ2n) is 22.9. The van der Waals surface area contributed by atoms with Gasteiger partial charge < -0.3 is 42.6 Å². The van der Waals surface area contributed by atoms with Crippen molar-refractivity contribution in [3.8, 4) is 0 Å². The zero-order chi connectivity index (χ0) is 52.2. The molecule has 15 unspecified atom stereocenters. The topological polar surface area (TPSA) is 220 Å². The van der Waals surface area contributed by atoms with Crippen LogP contribution in [0.1, 0.15) is 133 Å². The van der Waals surface area contributed by atoms with Crippen molar-refractivity contribution in [1.29, 1.82) is 0 Å². The zero-order valence-corrected chi connectivity index (χ0v) is 42.3. The third kappa shape index (κ3) is 10.4. The maximum Gasteiger partial charge on any atom is 0.405 e. The summed E-state index contributed by atoms with van der Waals surface area (Å²) in [6.07, 6.45) is -0.459. The van der Waals surface area contributed by atoms with E-state index in [2.05, 4.69) is 0 Å². The van der Waals surface area contributed by atoms with Crippen LogP contribution >= 0.6 is 0 Å². The standard InChI is InChI=1S/C17H21F3O6.C17H24O6.C17H26O5/c1-4-15(2,3)13(22)24-7-10(21)25-11-8-5-9-12(11)26-14(23)16(9,6-8)17(18,19)20;1-4-17(2,3)16(20)21-8-12(18)22-13-9-5-6-10-11(7-9)15(19)23-14(10)13;1-4-17(2,3)16(19)21-7-5-6-20-13-10-8-11-12(9-10)15(18)22-14(11)13/h8-9,11-12H,4-7H2,1-3H3;9-11,13-14H,4-8H2,1-3H3;10-14H,4-9H2,1-3H3. The van der Waals surface area contributed by atoms with Gasteiger partial charge in [-0.15, -0.1) is 0 Å². The van der Waals surface area contributed by atoms with Crippen LogP contribution < -0.4 is 0 Å². The predicted molar refractivity (Wildman–Crippen MR) is 238 cm³/mol. The van der Waals surface area contributed by atoms with Crippen molar-refractivity contribution >= 4 is 47.8 Å². The van der Waals surface area contributed by atoms with Gasteiger partial charge >= 0.3 is 53.9 Å². The number of carbonyl (C=O) groups excluding carboxylic acids is 8. The lowest BCUT2D eigenvalue weighted by molar-refractivity contribution is -0.231. The van der Waals surface area contributed by atoms with E-state index in [-0.39, 0.29) is 79.0 Å². The van der Waals surface area contributed by atoms with Gasteiger partial charge in [-0.05, 0) is 112 Å². The molecule has 20 heteroatoms. The minimum absolute atomic E-state index is 0.0168. The van der Waals surface area contributed by atoms with E-state index in [1.807, 2.05) is 27.7 Å². The molecule has 0 aromatic rings. The maximum absolute atomic E-state index is 13.4. The van der Waals surface area contributed by atoms with E-state index in [0.29, 0.717) is 44.3 Å². The molecule has 0 aromatic heterocycles. The first-order valence-corrected chi connectivity index (χ1v) is 25.4. The van der Waals surface area contributed by atoms with E-state index in [1.165, 1.54) is 0 Å². The van der Waals surface area contributed by atoms with Gasteiger partial charge in [0.2, 0.25) is 0 Å². The lowest BCUT2D eigenvalue weighted by Gasteiger charge is -2.43. The lowest BCUT2D eigenvalue weighted by Crippen LogP contribution is -2.50. The Kier molecular flexibility index (Phi) is 15.6. The van der Waals surface area contributed by atoms with E-state index in [9.17, 15) is 51.5 Å². The quantitative estimate of drug-likeness (QED) is 0.0855. The summed E-state index contributed by atoms with van der Waals surface area (Å²) >= 11 is 0. The van der Waals surface area contributed by atoms with Crippen LogP contribution in [-0.2, 0) is 81.0 Å². The molecule has 17 nitrogen and oxygen atoms in total. The number of halogens is 3. The summed E-state index contributed by atoms with van der Waals surface area (Å²) in [5.41, 5.74) is -4.25. The molecular weight excluding hydrogens is 942 g/mol. The number of hydrogen-bond acceptors (Lipinski definition) is 17. The number of esters is 8. The smallest absolute Gasteiger partial charge is 0.405 e. The highest BCUT2D eigenvalue weighted by atomic mass is 19.4. The van der Waals surface area contributed by atoms with Crippen LogP contribution in [0, 0.1) is 69.0 Å². The molecule has 8 bridgehead atoms. The highest BCUT2D eigenvalue weighted by Crippen LogP contribution is 2.68. The van der Waals surface area contributed by atoms with Crippen molar-refractivity contribution in [3.05, 3.63) is 0 Å². The third-order valence-electron chi connectivity index (χ3n) is 17.5. The van der Waals surface area contributed by atoms with Gasteiger partial charge in [0.05, 0.1) is 47.4 Å². The second kappa shape index (κ2) is 20.4. The Hall–Kier alpha value is -4.49. The van der Waals surface area contributed by atoms with Gasteiger partial charge in [-0.1, -0.05) is 20.8 Å². The summed E-state index contributed by atoms with van der Waals surface area (Å²) < 4.78 is 88.0. The Morgan fingerprint density at radius 1 is 0.577 bits per heavy atom. The molecule has 398 valence electrons. The van der Waals surface area contributed by atoms with Crippen molar-refractivity contribution in [3.63, 3.8) is 0 Å². The van der Waals surface area contributed by atoms with Gasteiger partial charge in [0, 0.05) is 36.0 Å². The minimum atomic E-state index is -4.69. The van der Waals surface area contributed by atoms with Gasteiger partial charge in [0.1, 0.15) is 30.5 Å². The Morgan fingerprint density at radius 2 is 1.07 bits per heavy atom. The van der Waals surface area contributed by atoms with Gasteiger partial charge in [-0.25, -0.2) is 9.59 Å². The molecule has 0 N–H and O–H groups in total. The van der Waals surface area contributed by atoms with Crippen molar-refractivity contribution in [1.82, 2.24) is 0 Å². The van der Waals surface area contributed by atoms with Gasteiger partial charge in [0.25, 0.3) is 0 Å². The molecule has 3 heterocycles. The second-order valence-corrected chi connectivity index (χ2v) is 22.9. The first-order valence-electron chi connectivity index (χ1n) is 25.4. The Morgan fingerprint density at radius 3 is 1.61 bits per heavy atom. The van der Waals surface area contributed by atoms with E-state index in [0.717, 1.165) is 38.5 Å². The summed E-state index contributed by atoms with van der Waals surface area (Å²) in [7, 11) is 0. The fourth-order valence-electron chi connectivity index (χ4n) is 12.0. The van der Waals surface area contributed by atoms with E-state index >= 15 is 0 Å². The number of fused-ring (bicyclic) bond motifs is 3. The molecular formula is C51H71F3O17. The molecule has 10 fully saturated rings. The van der Waals surface area contributed by atoms with Gasteiger partial charge in [-0.2, -0.15) is 13.2 Å².